The molecule has 16 heteroatoms. The van der Waals surface area contributed by atoms with E-state index in [9.17, 15) is 18.0 Å². The average molecular weight is 833 g/mol. The van der Waals surface area contributed by atoms with E-state index in [2.05, 4.69) is 59.9 Å². The number of carbonyl (C=O) groups excluding carboxylic acids is 2. The maximum absolute atomic E-state index is 12.6. The van der Waals surface area contributed by atoms with Crippen LogP contribution in [0.25, 0.3) is 11.0 Å². The van der Waals surface area contributed by atoms with Crippen LogP contribution in [0.2, 0.25) is 0 Å². The van der Waals surface area contributed by atoms with Crippen molar-refractivity contribution in [3.05, 3.63) is 89.6 Å². The lowest BCUT2D eigenvalue weighted by Crippen LogP contribution is -2.53. The lowest BCUT2D eigenvalue weighted by molar-refractivity contribution is -0.134. The number of ether oxygens (including phenoxy) is 1. The van der Waals surface area contributed by atoms with E-state index >= 15 is 0 Å². The molecule has 4 N–H and O–H groups in total. The molecule has 314 valence electrons. The van der Waals surface area contributed by atoms with Gasteiger partial charge in [-0.3, -0.25) is 24.1 Å². The zero-order valence-corrected chi connectivity index (χ0v) is 34.9. The fourth-order valence-corrected chi connectivity index (χ4v) is 10.2. The highest BCUT2D eigenvalue weighted by atomic mass is 32.2. The highest BCUT2D eigenvalue weighted by molar-refractivity contribution is 7.92. The average Bonchev–Trinajstić information content (AvgIpc) is 3.93. The number of sulfonamides is 1. The number of hydrogen-bond donors (Lipinski definition) is 4. The molecule has 6 heterocycles. The number of hydrogen-bond acceptors (Lipinski definition) is 12. The number of piperazine rings is 1. The molecule has 2 aromatic heterocycles. The third kappa shape index (κ3) is 8.36. The van der Waals surface area contributed by atoms with Gasteiger partial charge < -0.3 is 30.2 Å². The maximum atomic E-state index is 12.6. The van der Waals surface area contributed by atoms with Crippen LogP contribution in [-0.4, -0.2) is 117 Å². The minimum Gasteiger partial charge on any atom is -0.494 e. The smallest absolute Gasteiger partial charge is 0.234 e. The third-order valence-electron chi connectivity index (χ3n) is 12.5. The van der Waals surface area contributed by atoms with Crippen LogP contribution in [0.15, 0.2) is 72.9 Å². The van der Waals surface area contributed by atoms with Crippen LogP contribution in [0.4, 0.5) is 34.5 Å². The summed E-state index contributed by atoms with van der Waals surface area (Å²) in [5.41, 5.74) is 7.03. The van der Waals surface area contributed by atoms with E-state index in [4.69, 9.17) is 14.7 Å². The minimum atomic E-state index is -3.45. The van der Waals surface area contributed by atoms with Crippen molar-refractivity contribution in [2.45, 2.75) is 50.5 Å². The number of nitrogens with zero attached hydrogens (tertiary/aromatic N) is 6. The Labute approximate surface area is 350 Å². The fraction of sp³-hybridized carbons (Fsp3) is 0.409. The molecule has 0 radical (unpaired) electrons. The molecule has 60 heavy (non-hydrogen) atoms. The number of benzene rings is 3. The van der Waals surface area contributed by atoms with Crippen molar-refractivity contribution in [1.29, 1.82) is 0 Å². The number of rotatable bonds is 12. The third-order valence-corrected chi connectivity index (χ3v) is 13.7. The number of piperidine rings is 2. The molecule has 0 saturated carbocycles. The molecule has 0 bridgehead atoms. The molecule has 4 aliphatic heterocycles. The molecule has 3 fully saturated rings. The minimum absolute atomic E-state index is 0.180. The summed E-state index contributed by atoms with van der Waals surface area (Å²) in [5.74, 6) is 0.998. The van der Waals surface area contributed by atoms with Crippen molar-refractivity contribution in [3.63, 3.8) is 0 Å². The number of aromatic amines is 1. The Bertz CT molecular complexity index is 2490. The number of fused-ring (bicyclic) bond motifs is 2. The SMILES string of the molecule is COc1cc(N2CCC(N3CCN(CCc4ccc(C5CCC(=O)NC5=O)cc4)CC3)CC2)ccc1Nc1nc(Nc2cccc3c2N(S(C)(=O)=O)CC3)c2cc[nH]c2n1. The number of amides is 2. The van der Waals surface area contributed by atoms with Gasteiger partial charge in [0.15, 0.2) is 0 Å². The number of carbonyl (C=O) groups is 2. The van der Waals surface area contributed by atoms with Gasteiger partial charge in [0.1, 0.15) is 17.2 Å². The van der Waals surface area contributed by atoms with Crippen LogP contribution in [-0.2, 0) is 32.5 Å². The quantitative estimate of drug-likeness (QED) is 0.123. The number of H-pyrrole nitrogens is 1. The van der Waals surface area contributed by atoms with Gasteiger partial charge in [-0.2, -0.15) is 9.97 Å². The Hall–Kier alpha value is -5.71. The number of nitrogens with one attached hydrogen (secondary N) is 4. The molecule has 1 unspecified atom stereocenters. The van der Waals surface area contributed by atoms with E-state index in [1.54, 1.807) is 7.11 Å². The Kier molecular flexibility index (Phi) is 11.1. The number of anilines is 6. The maximum Gasteiger partial charge on any atom is 0.234 e. The first-order valence-corrected chi connectivity index (χ1v) is 22.7. The molecule has 2 amide bonds. The molecule has 15 nitrogen and oxygen atoms in total. The monoisotopic (exact) mass is 832 g/mol. The molecule has 0 aliphatic carbocycles. The molecule has 5 aromatic rings. The van der Waals surface area contributed by atoms with Gasteiger partial charge in [-0.1, -0.05) is 36.4 Å². The van der Waals surface area contributed by atoms with Crippen molar-refractivity contribution >= 4 is 67.4 Å². The first-order valence-electron chi connectivity index (χ1n) is 20.9. The van der Waals surface area contributed by atoms with Crippen molar-refractivity contribution < 1.29 is 22.7 Å². The molecular formula is C44H52N10O5S. The largest absolute Gasteiger partial charge is 0.494 e. The van der Waals surface area contributed by atoms with E-state index in [-0.39, 0.29) is 17.7 Å². The van der Waals surface area contributed by atoms with Crippen LogP contribution in [0.1, 0.15) is 48.3 Å². The summed E-state index contributed by atoms with van der Waals surface area (Å²) in [4.78, 5) is 44.2. The Morgan fingerprint density at radius 1 is 0.850 bits per heavy atom. The van der Waals surface area contributed by atoms with E-state index in [0.29, 0.717) is 66.4 Å². The number of methoxy groups -OCH3 is 1. The first-order chi connectivity index (χ1) is 29.1. The number of aromatic nitrogens is 3. The lowest BCUT2D eigenvalue weighted by Gasteiger charge is -2.43. The summed E-state index contributed by atoms with van der Waals surface area (Å²) in [7, 11) is -1.78. The van der Waals surface area contributed by atoms with Gasteiger partial charge in [-0.25, -0.2) is 8.42 Å². The lowest BCUT2D eigenvalue weighted by atomic mass is 9.90. The zero-order chi connectivity index (χ0) is 41.4. The number of imide groups is 1. The van der Waals surface area contributed by atoms with Gasteiger partial charge in [-0.15, -0.1) is 0 Å². The van der Waals surface area contributed by atoms with Gasteiger partial charge in [0.05, 0.1) is 41.7 Å². The second-order valence-electron chi connectivity index (χ2n) is 16.3. The summed E-state index contributed by atoms with van der Waals surface area (Å²) in [5, 5.41) is 10.0. The Morgan fingerprint density at radius 3 is 2.40 bits per heavy atom. The summed E-state index contributed by atoms with van der Waals surface area (Å²) in [6.45, 7) is 7.65. The fourth-order valence-electron chi connectivity index (χ4n) is 9.23. The Balaban J connectivity index is 0.783. The number of para-hydroxylation sites is 1. The van der Waals surface area contributed by atoms with Crippen molar-refractivity contribution in [1.82, 2.24) is 30.1 Å². The molecule has 1 atom stereocenters. The first kappa shape index (κ1) is 39.7. The van der Waals surface area contributed by atoms with Gasteiger partial charge in [-0.05, 0) is 73.1 Å². The summed E-state index contributed by atoms with van der Waals surface area (Å²) in [6.07, 6.45) is 7.85. The highest BCUT2D eigenvalue weighted by Gasteiger charge is 2.31. The molecule has 0 spiro atoms. The van der Waals surface area contributed by atoms with E-state index < -0.39 is 10.0 Å². The zero-order valence-electron chi connectivity index (χ0n) is 34.1. The topological polar surface area (TPSA) is 168 Å². The van der Waals surface area contributed by atoms with E-state index in [1.807, 2.05) is 48.7 Å². The highest BCUT2D eigenvalue weighted by Crippen LogP contribution is 2.40. The van der Waals surface area contributed by atoms with Crippen molar-refractivity contribution in [2.75, 3.05) is 85.6 Å². The summed E-state index contributed by atoms with van der Waals surface area (Å²) in [6, 6.07) is 22.8. The van der Waals surface area contributed by atoms with Crippen LogP contribution in [0.5, 0.6) is 5.75 Å². The molecule has 9 rings (SSSR count). The van der Waals surface area contributed by atoms with E-state index in [0.717, 1.165) is 93.0 Å². The van der Waals surface area contributed by atoms with E-state index in [1.165, 1.54) is 16.1 Å². The van der Waals surface area contributed by atoms with Gasteiger partial charge in [0.2, 0.25) is 27.8 Å². The van der Waals surface area contributed by atoms with Crippen LogP contribution >= 0.6 is 0 Å². The van der Waals surface area contributed by atoms with Gasteiger partial charge in [0, 0.05) is 82.8 Å². The van der Waals surface area contributed by atoms with Gasteiger partial charge >= 0.3 is 0 Å². The predicted molar refractivity (Wildman–Crippen MR) is 234 cm³/mol. The van der Waals surface area contributed by atoms with Crippen LogP contribution < -0.4 is 29.9 Å². The van der Waals surface area contributed by atoms with Crippen LogP contribution in [0, 0.1) is 0 Å². The normalized spacial score (nSPS) is 19.4. The summed E-state index contributed by atoms with van der Waals surface area (Å²) >= 11 is 0. The molecule has 3 saturated heterocycles. The predicted octanol–water partition coefficient (Wildman–Crippen LogP) is 5.13. The summed E-state index contributed by atoms with van der Waals surface area (Å²) < 4.78 is 32.6. The van der Waals surface area contributed by atoms with Crippen molar-refractivity contribution in [3.8, 4) is 5.75 Å². The van der Waals surface area contributed by atoms with Crippen molar-refractivity contribution in [2.24, 2.45) is 0 Å². The van der Waals surface area contributed by atoms with Gasteiger partial charge in [0.25, 0.3) is 0 Å². The Morgan fingerprint density at radius 2 is 1.65 bits per heavy atom. The second kappa shape index (κ2) is 16.7. The second-order valence-corrected chi connectivity index (χ2v) is 18.2. The molecular weight excluding hydrogens is 781 g/mol. The molecule has 4 aliphatic rings. The van der Waals surface area contributed by atoms with Crippen LogP contribution in [0.3, 0.4) is 0 Å². The molecule has 3 aromatic carbocycles. The standard InChI is InChI=1S/C44H52N10O5S/c1-59-38-28-33(10-12-36(38)47-44-49-41-35(14-19-45-41)42(50-44)46-37-5-3-4-31-16-23-54(40(31)37)60(2,57)58)52-21-17-32(18-22-52)53-26-24-51(25-27-53)20-15-29-6-8-30(9-7-29)34-11-13-39(55)48-43(34)56/h3-10,12,14,19,28,32,34H,11,13,15-18,20-27H2,1-2H3,(H,48,55,56)(H3,45,46,47,49,50).